The molecule has 9 heteroatoms. The van der Waals surface area contributed by atoms with Crippen LogP contribution in [0, 0.1) is 11.6 Å². The number of aliphatic hydroxyl groups is 1. The molecule has 1 aliphatic rings. The van der Waals surface area contributed by atoms with Gasteiger partial charge in [-0.25, -0.2) is 8.78 Å². The van der Waals surface area contributed by atoms with E-state index in [0.29, 0.717) is 18.4 Å². The van der Waals surface area contributed by atoms with E-state index in [2.05, 4.69) is 0 Å². The lowest BCUT2D eigenvalue weighted by molar-refractivity contribution is -0.132. The fraction of sp³-hybridized carbons (Fsp3) is 0.120. The molecular formula is C25H18ClF2NO5. The maximum absolute atomic E-state index is 14.7. The van der Waals surface area contributed by atoms with Crippen LogP contribution in [-0.2, 0) is 9.59 Å². The van der Waals surface area contributed by atoms with Gasteiger partial charge in [0.2, 0.25) is 0 Å². The van der Waals surface area contributed by atoms with Gasteiger partial charge in [-0.15, -0.1) is 0 Å². The van der Waals surface area contributed by atoms with Crippen LogP contribution in [0.15, 0.2) is 66.2 Å². The smallest absolute Gasteiger partial charge is 0.300 e. The van der Waals surface area contributed by atoms with Crippen molar-refractivity contribution in [3.63, 3.8) is 0 Å². The van der Waals surface area contributed by atoms with Crippen molar-refractivity contribution in [3.05, 3.63) is 94.0 Å². The van der Waals surface area contributed by atoms with E-state index in [1.54, 1.807) is 13.0 Å². The molecule has 2 N–H and O–H groups in total. The molecule has 1 saturated heterocycles. The van der Waals surface area contributed by atoms with E-state index >= 15 is 0 Å². The summed E-state index contributed by atoms with van der Waals surface area (Å²) in [5.41, 5.74) is -0.517. The second-order valence-electron chi connectivity index (χ2n) is 7.43. The molecule has 1 aliphatic heterocycles. The average Bonchev–Trinajstić information content (AvgIpc) is 3.05. The van der Waals surface area contributed by atoms with Crippen LogP contribution in [0.2, 0.25) is 5.02 Å². The number of ketones is 1. The second-order valence-corrected chi connectivity index (χ2v) is 7.84. The van der Waals surface area contributed by atoms with E-state index in [4.69, 9.17) is 16.3 Å². The first-order valence-corrected chi connectivity index (χ1v) is 10.6. The Morgan fingerprint density at radius 1 is 1.09 bits per heavy atom. The maximum atomic E-state index is 14.7. The molecule has 4 rings (SSSR count). The number of hydrogen-bond acceptors (Lipinski definition) is 5. The van der Waals surface area contributed by atoms with Crippen molar-refractivity contribution < 1.29 is 33.3 Å². The van der Waals surface area contributed by atoms with E-state index in [1.165, 1.54) is 36.4 Å². The fourth-order valence-electron chi connectivity index (χ4n) is 3.86. The zero-order chi connectivity index (χ0) is 24.6. The highest BCUT2D eigenvalue weighted by Gasteiger charge is 2.48. The summed E-state index contributed by atoms with van der Waals surface area (Å²) in [6.45, 7) is 2.10. The third-order valence-corrected chi connectivity index (χ3v) is 5.63. The first-order chi connectivity index (χ1) is 16.2. The van der Waals surface area contributed by atoms with E-state index in [1.807, 2.05) is 0 Å². The van der Waals surface area contributed by atoms with Gasteiger partial charge in [0.15, 0.2) is 0 Å². The number of carbonyl (C=O) groups excluding carboxylic acids is 2. The topological polar surface area (TPSA) is 87.1 Å². The summed E-state index contributed by atoms with van der Waals surface area (Å²) in [4.78, 5) is 27.0. The van der Waals surface area contributed by atoms with Crippen molar-refractivity contribution in [2.24, 2.45) is 0 Å². The second kappa shape index (κ2) is 9.15. The van der Waals surface area contributed by atoms with Crippen LogP contribution in [0.3, 0.4) is 0 Å². The van der Waals surface area contributed by atoms with Crippen LogP contribution >= 0.6 is 11.6 Å². The van der Waals surface area contributed by atoms with Gasteiger partial charge in [-0.2, -0.15) is 0 Å². The summed E-state index contributed by atoms with van der Waals surface area (Å²) >= 11 is 6.27. The predicted octanol–water partition coefficient (Wildman–Crippen LogP) is 5.35. The van der Waals surface area contributed by atoms with Crippen LogP contribution in [0.25, 0.3) is 5.76 Å². The molecule has 0 saturated carbocycles. The van der Waals surface area contributed by atoms with Crippen molar-refractivity contribution in [2.75, 3.05) is 11.5 Å². The largest absolute Gasteiger partial charge is 0.508 e. The molecule has 1 amide bonds. The van der Waals surface area contributed by atoms with E-state index < -0.39 is 35.1 Å². The Hall–Kier alpha value is -3.91. The molecule has 34 heavy (non-hydrogen) atoms. The Morgan fingerprint density at radius 3 is 2.53 bits per heavy atom. The summed E-state index contributed by atoms with van der Waals surface area (Å²) in [6.07, 6.45) is 0. The number of aromatic hydroxyl groups is 1. The number of anilines is 1. The highest BCUT2D eigenvalue weighted by molar-refractivity contribution is 6.52. The summed E-state index contributed by atoms with van der Waals surface area (Å²) in [5.74, 6) is -4.62. The van der Waals surface area contributed by atoms with Crippen LogP contribution in [0.1, 0.15) is 24.1 Å². The molecular weight excluding hydrogens is 468 g/mol. The number of halogens is 3. The lowest BCUT2D eigenvalue weighted by Gasteiger charge is -2.26. The maximum Gasteiger partial charge on any atom is 0.300 e. The van der Waals surface area contributed by atoms with E-state index in [0.717, 1.165) is 17.0 Å². The Kier molecular flexibility index (Phi) is 6.26. The number of phenols is 1. The zero-order valence-corrected chi connectivity index (χ0v) is 18.5. The molecule has 3 aromatic carbocycles. The van der Waals surface area contributed by atoms with E-state index in [9.17, 15) is 28.6 Å². The van der Waals surface area contributed by atoms with Gasteiger partial charge in [0.25, 0.3) is 11.7 Å². The minimum atomic E-state index is -1.33. The molecule has 1 atom stereocenters. The number of benzene rings is 3. The Labute approximate surface area is 198 Å². The van der Waals surface area contributed by atoms with Gasteiger partial charge in [0.05, 0.1) is 28.9 Å². The summed E-state index contributed by atoms with van der Waals surface area (Å²) < 4.78 is 33.7. The first kappa shape index (κ1) is 23.3. The molecule has 1 unspecified atom stereocenters. The molecule has 6 nitrogen and oxygen atoms in total. The molecule has 0 bridgehead atoms. The standard InChI is InChI=1S/C25H18ClF2NO5/c1-2-34-16-7-8-18(26)17(12-16)23(31)21-22(13-4-3-5-15(30)10-13)29(25(33)24(21)32)20-9-6-14(27)11-19(20)28/h3-12,22,30-31H,2H2,1H3/b23-21+. The number of aliphatic hydroxyl groups excluding tert-OH is 1. The number of carbonyl (C=O) groups is 2. The number of Topliss-reactive ketones (excluding diaryl/α,β-unsaturated/α-hetero) is 1. The monoisotopic (exact) mass is 485 g/mol. The normalized spacial score (nSPS) is 17.3. The molecule has 174 valence electrons. The Bertz CT molecular complexity index is 1340. The predicted molar refractivity (Wildman–Crippen MR) is 122 cm³/mol. The quantitative estimate of drug-likeness (QED) is 0.289. The molecule has 0 spiro atoms. The van der Waals surface area contributed by atoms with Crippen molar-refractivity contribution >= 4 is 34.7 Å². The average molecular weight is 486 g/mol. The fourth-order valence-corrected chi connectivity index (χ4v) is 4.06. The van der Waals surface area contributed by atoms with Crippen molar-refractivity contribution in [1.82, 2.24) is 0 Å². The zero-order valence-electron chi connectivity index (χ0n) is 17.8. The summed E-state index contributed by atoms with van der Waals surface area (Å²) in [5, 5.41) is 21.3. The highest BCUT2D eigenvalue weighted by atomic mass is 35.5. The lowest BCUT2D eigenvalue weighted by Crippen LogP contribution is -2.30. The number of phenolic OH excluding ortho intramolecular Hbond substituents is 1. The number of hydrogen-bond donors (Lipinski definition) is 2. The molecule has 1 fully saturated rings. The van der Waals surface area contributed by atoms with Gasteiger partial charge in [-0.3, -0.25) is 14.5 Å². The van der Waals surface area contributed by atoms with E-state index in [-0.39, 0.29) is 33.2 Å². The van der Waals surface area contributed by atoms with Crippen molar-refractivity contribution in [2.45, 2.75) is 13.0 Å². The Morgan fingerprint density at radius 2 is 1.85 bits per heavy atom. The van der Waals surface area contributed by atoms with Crippen molar-refractivity contribution in [1.29, 1.82) is 0 Å². The van der Waals surface area contributed by atoms with Crippen LogP contribution < -0.4 is 9.64 Å². The number of nitrogens with zero attached hydrogens (tertiary/aromatic N) is 1. The van der Waals surface area contributed by atoms with Gasteiger partial charge in [0, 0.05) is 11.6 Å². The molecule has 1 heterocycles. The Balaban J connectivity index is 1.98. The molecule has 3 aromatic rings. The number of rotatable bonds is 5. The number of amides is 1. The third kappa shape index (κ3) is 4.08. The van der Waals surface area contributed by atoms with Gasteiger partial charge in [-0.1, -0.05) is 23.7 Å². The van der Waals surface area contributed by atoms with Gasteiger partial charge in [-0.05, 0) is 55.0 Å². The van der Waals surface area contributed by atoms with Crippen LogP contribution in [0.5, 0.6) is 11.5 Å². The first-order valence-electron chi connectivity index (χ1n) is 10.2. The van der Waals surface area contributed by atoms with Gasteiger partial charge in [0.1, 0.15) is 28.9 Å². The highest BCUT2D eigenvalue weighted by Crippen LogP contribution is 2.44. The van der Waals surface area contributed by atoms with Crippen LogP contribution in [0.4, 0.5) is 14.5 Å². The molecule has 0 radical (unpaired) electrons. The summed E-state index contributed by atoms with van der Waals surface area (Å²) in [7, 11) is 0. The minimum absolute atomic E-state index is 0.0235. The lowest BCUT2D eigenvalue weighted by atomic mass is 9.95. The van der Waals surface area contributed by atoms with Crippen molar-refractivity contribution in [3.8, 4) is 11.5 Å². The van der Waals surface area contributed by atoms with Gasteiger partial charge >= 0.3 is 0 Å². The van der Waals surface area contributed by atoms with Gasteiger partial charge < -0.3 is 14.9 Å². The third-order valence-electron chi connectivity index (χ3n) is 5.30. The summed E-state index contributed by atoms with van der Waals surface area (Å²) in [6, 6.07) is 11.3. The molecule has 0 aliphatic carbocycles. The number of ether oxygens (including phenoxy) is 1. The van der Waals surface area contributed by atoms with Crippen LogP contribution in [-0.4, -0.2) is 28.5 Å². The SMILES string of the molecule is CCOc1ccc(Cl)c(/C(O)=C2\C(=O)C(=O)N(c3ccc(F)cc3F)C2c2cccc(O)c2)c1. The minimum Gasteiger partial charge on any atom is -0.508 e. The molecule has 0 aromatic heterocycles.